The van der Waals surface area contributed by atoms with Gasteiger partial charge in [-0.2, -0.15) is 17.5 Å². The van der Waals surface area contributed by atoms with Crippen LogP contribution in [-0.4, -0.2) is 35.4 Å². The van der Waals surface area contributed by atoms with E-state index in [1.54, 1.807) is 11.0 Å². The standard InChI is InChI=1S/C19H17ClF4N4O2S2/c1-18(19(22,23)24)4-2-11-3-5-28(15(11)8-18)9-12-6-14(21)16(7-13(12)20)32(29,30)27-17-25-10-26-31-17/h2,6-8,10H,3-5,9H2,1H3,(H,25,26,27). The number of fused-ring (bicyclic) bond motifs is 1. The van der Waals surface area contributed by atoms with Gasteiger partial charge in [0.2, 0.25) is 5.13 Å². The van der Waals surface area contributed by atoms with Crippen LogP contribution in [0.15, 0.2) is 46.8 Å². The number of halogens is 5. The Morgan fingerprint density at radius 2 is 2.09 bits per heavy atom. The van der Waals surface area contributed by atoms with Gasteiger partial charge in [0.05, 0.1) is 5.41 Å². The molecule has 0 amide bonds. The van der Waals surface area contributed by atoms with Gasteiger partial charge in [0.1, 0.15) is 17.0 Å². The van der Waals surface area contributed by atoms with Crippen molar-refractivity contribution in [2.45, 2.75) is 37.4 Å². The van der Waals surface area contributed by atoms with Gasteiger partial charge in [0.25, 0.3) is 10.0 Å². The third-order valence-electron chi connectivity index (χ3n) is 5.53. The molecule has 0 saturated carbocycles. The number of rotatable bonds is 5. The van der Waals surface area contributed by atoms with E-state index in [-0.39, 0.29) is 28.7 Å². The first kappa shape index (κ1) is 23.0. The van der Waals surface area contributed by atoms with Gasteiger partial charge in [-0.3, -0.25) is 4.72 Å². The molecule has 2 heterocycles. The molecule has 6 nitrogen and oxygen atoms in total. The lowest BCUT2D eigenvalue weighted by atomic mass is 9.80. The molecule has 1 atom stereocenters. The zero-order chi connectivity index (χ0) is 23.3. The Morgan fingerprint density at radius 1 is 1.34 bits per heavy atom. The van der Waals surface area contributed by atoms with Crippen LogP contribution >= 0.6 is 23.1 Å². The van der Waals surface area contributed by atoms with Gasteiger partial charge in [-0.25, -0.2) is 17.8 Å². The molecule has 2 aromatic rings. The fourth-order valence-corrected chi connectivity index (χ4v) is 5.68. The van der Waals surface area contributed by atoms with Crippen molar-refractivity contribution in [3.63, 3.8) is 0 Å². The van der Waals surface area contributed by atoms with Crippen molar-refractivity contribution in [3.05, 3.63) is 58.3 Å². The van der Waals surface area contributed by atoms with Crippen LogP contribution < -0.4 is 4.72 Å². The molecule has 4 rings (SSSR count). The van der Waals surface area contributed by atoms with Crippen LogP contribution in [0.25, 0.3) is 0 Å². The quantitative estimate of drug-likeness (QED) is 0.567. The van der Waals surface area contributed by atoms with Crippen LogP contribution in [0.2, 0.25) is 5.02 Å². The molecule has 1 aromatic heterocycles. The van der Waals surface area contributed by atoms with Crippen LogP contribution in [0.5, 0.6) is 0 Å². The molecule has 1 aromatic carbocycles. The number of allylic oxidation sites excluding steroid dienone is 3. The van der Waals surface area contributed by atoms with Crippen molar-refractivity contribution < 1.29 is 26.0 Å². The fourth-order valence-electron chi connectivity index (χ4n) is 3.65. The molecule has 172 valence electrons. The van der Waals surface area contributed by atoms with Crippen LogP contribution in [-0.2, 0) is 16.6 Å². The van der Waals surface area contributed by atoms with E-state index in [4.69, 9.17) is 11.6 Å². The third kappa shape index (κ3) is 4.23. The third-order valence-corrected chi connectivity index (χ3v) is 7.95. The number of nitrogens with one attached hydrogen (secondary N) is 1. The highest BCUT2D eigenvalue weighted by molar-refractivity contribution is 7.93. The summed E-state index contributed by atoms with van der Waals surface area (Å²) in [4.78, 5) is 4.73. The highest BCUT2D eigenvalue weighted by Crippen LogP contribution is 2.48. The largest absolute Gasteiger partial charge is 0.397 e. The number of nitrogens with zero attached hydrogens (tertiary/aromatic N) is 3. The molecule has 13 heteroatoms. The van der Waals surface area contributed by atoms with Gasteiger partial charge in [-0.1, -0.05) is 17.7 Å². The molecule has 0 bridgehead atoms. The molecule has 1 N–H and O–H groups in total. The van der Waals surface area contributed by atoms with Gasteiger partial charge in [0.15, 0.2) is 0 Å². The van der Waals surface area contributed by atoms with Crippen LogP contribution in [0.4, 0.5) is 22.7 Å². The summed E-state index contributed by atoms with van der Waals surface area (Å²) < 4.78 is 86.0. The number of likely N-dealkylation sites (tertiary alicyclic amines) is 1. The number of hydrogen-bond acceptors (Lipinski definition) is 6. The van der Waals surface area contributed by atoms with Gasteiger partial charge < -0.3 is 4.90 Å². The predicted octanol–water partition coefficient (Wildman–Crippen LogP) is 5.12. The Morgan fingerprint density at radius 3 is 2.75 bits per heavy atom. The molecule has 0 radical (unpaired) electrons. The molecular formula is C19H17ClF4N4O2S2. The van der Waals surface area contributed by atoms with Gasteiger partial charge in [-0.15, -0.1) is 0 Å². The number of hydrogen-bond donors (Lipinski definition) is 1. The molecule has 1 fully saturated rings. The average Bonchev–Trinajstić information content (AvgIpc) is 3.33. The molecule has 1 aliphatic heterocycles. The molecular weight excluding hydrogens is 492 g/mol. The minimum absolute atomic E-state index is 0.0172. The van der Waals surface area contributed by atoms with Crippen molar-refractivity contribution in [2.24, 2.45) is 5.41 Å². The summed E-state index contributed by atoms with van der Waals surface area (Å²) in [6.45, 7) is 1.63. The van der Waals surface area contributed by atoms with E-state index in [1.807, 2.05) is 0 Å². The molecule has 32 heavy (non-hydrogen) atoms. The lowest BCUT2D eigenvalue weighted by Gasteiger charge is -2.33. The first-order valence-corrected chi connectivity index (χ1v) is 12.0. The van der Waals surface area contributed by atoms with Crippen molar-refractivity contribution in [1.82, 2.24) is 14.3 Å². The fraction of sp³-hybridized carbons (Fsp3) is 0.368. The molecule has 2 aliphatic rings. The summed E-state index contributed by atoms with van der Waals surface area (Å²) in [5.74, 6) is -1.03. The Kier molecular flexibility index (Phi) is 5.74. The van der Waals surface area contributed by atoms with E-state index < -0.39 is 32.3 Å². The summed E-state index contributed by atoms with van der Waals surface area (Å²) in [7, 11) is -4.29. The van der Waals surface area contributed by atoms with Crippen molar-refractivity contribution in [2.75, 3.05) is 11.3 Å². The van der Waals surface area contributed by atoms with Crippen LogP contribution in [0, 0.1) is 11.2 Å². The summed E-state index contributed by atoms with van der Waals surface area (Å²) in [6.07, 6.45) is -0.0114. The normalized spacial score (nSPS) is 21.2. The maximum Gasteiger partial charge on any atom is 0.397 e. The monoisotopic (exact) mass is 508 g/mol. The second-order valence-corrected chi connectivity index (χ2v) is 10.6. The zero-order valence-electron chi connectivity index (χ0n) is 16.6. The van der Waals surface area contributed by atoms with Gasteiger partial charge in [-0.05, 0) is 49.1 Å². The Bertz CT molecular complexity index is 1210. The van der Waals surface area contributed by atoms with Crippen LogP contribution in [0.3, 0.4) is 0 Å². The van der Waals surface area contributed by atoms with E-state index in [1.165, 1.54) is 6.08 Å². The minimum Gasteiger partial charge on any atom is -0.367 e. The average molecular weight is 509 g/mol. The van der Waals surface area contributed by atoms with Crippen LogP contribution in [0.1, 0.15) is 25.3 Å². The molecule has 0 spiro atoms. The number of sulfonamides is 1. The summed E-state index contributed by atoms with van der Waals surface area (Å²) in [5.41, 5.74) is -0.468. The van der Waals surface area contributed by atoms with Crippen molar-refractivity contribution in [1.29, 1.82) is 0 Å². The maximum atomic E-state index is 14.7. The smallest absolute Gasteiger partial charge is 0.367 e. The van der Waals surface area contributed by atoms with Gasteiger partial charge in [0, 0.05) is 35.3 Å². The lowest BCUT2D eigenvalue weighted by Crippen LogP contribution is -2.35. The number of aromatic nitrogens is 2. The van der Waals surface area contributed by atoms with E-state index in [2.05, 4.69) is 14.1 Å². The van der Waals surface area contributed by atoms with Crippen molar-refractivity contribution in [3.8, 4) is 0 Å². The summed E-state index contributed by atoms with van der Waals surface area (Å²) in [5, 5.41) is -0.0469. The molecule has 1 unspecified atom stereocenters. The predicted molar refractivity (Wildman–Crippen MR) is 112 cm³/mol. The number of benzene rings is 1. The van der Waals surface area contributed by atoms with Crippen molar-refractivity contribution >= 4 is 38.3 Å². The molecule has 1 saturated heterocycles. The van der Waals surface area contributed by atoms with E-state index in [9.17, 15) is 26.0 Å². The zero-order valence-corrected chi connectivity index (χ0v) is 19.0. The summed E-state index contributed by atoms with van der Waals surface area (Å²) in [6, 6.07) is 1.97. The second-order valence-electron chi connectivity index (χ2n) is 7.78. The first-order valence-electron chi connectivity index (χ1n) is 9.41. The first-order chi connectivity index (χ1) is 14.9. The second kappa shape index (κ2) is 7.99. The van der Waals surface area contributed by atoms with E-state index in [0.717, 1.165) is 42.5 Å². The SMILES string of the molecule is CC1(C(F)(F)F)C=C2C(=CC1)CCN2Cc1cc(F)c(S(=O)(=O)Nc2ncns2)cc1Cl. The highest BCUT2D eigenvalue weighted by atomic mass is 35.5. The number of anilines is 1. The Labute approximate surface area is 190 Å². The minimum atomic E-state index is -4.41. The van der Waals surface area contributed by atoms with Gasteiger partial charge >= 0.3 is 6.18 Å². The maximum absolute atomic E-state index is 14.7. The summed E-state index contributed by atoms with van der Waals surface area (Å²) >= 11 is 7.03. The lowest BCUT2D eigenvalue weighted by molar-refractivity contribution is -0.199. The highest BCUT2D eigenvalue weighted by Gasteiger charge is 2.51. The number of alkyl halides is 3. The Hall–Kier alpha value is -2.18. The van der Waals surface area contributed by atoms with E-state index >= 15 is 0 Å². The topological polar surface area (TPSA) is 75.2 Å². The Balaban J connectivity index is 1.61. The van der Waals surface area contributed by atoms with E-state index in [0.29, 0.717) is 18.7 Å². The molecule has 1 aliphatic carbocycles.